The molecule has 0 radical (unpaired) electrons. The molecule has 1 aliphatic heterocycles. The van der Waals surface area contributed by atoms with Crippen LogP contribution in [0.3, 0.4) is 0 Å². The molecule has 2 aliphatic rings. The maximum Gasteiger partial charge on any atom is 0.308 e. The van der Waals surface area contributed by atoms with Crippen LogP contribution in [0.2, 0.25) is 0 Å². The molecule has 2 fully saturated rings. The van der Waals surface area contributed by atoms with Crippen molar-refractivity contribution in [3.63, 3.8) is 0 Å². The van der Waals surface area contributed by atoms with Gasteiger partial charge in [0.25, 0.3) is 0 Å². The topological polar surface area (TPSA) is 28.5 Å². The number of benzene rings is 1. The van der Waals surface area contributed by atoms with Crippen LogP contribution in [0.25, 0.3) is 10.2 Å². The first-order valence-corrected chi connectivity index (χ1v) is 11.7. The van der Waals surface area contributed by atoms with Crippen molar-refractivity contribution in [1.29, 1.82) is 0 Å². The quantitative estimate of drug-likeness (QED) is 0.660. The van der Waals surface area contributed by atoms with Gasteiger partial charge >= 0.3 is 4.87 Å². The molecule has 0 spiro atoms. The third kappa shape index (κ3) is 5.28. The summed E-state index contributed by atoms with van der Waals surface area (Å²) in [7, 11) is 0. The van der Waals surface area contributed by atoms with Crippen molar-refractivity contribution in [3.05, 3.63) is 33.7 Å². The van der Waals surface area contributed by atoms with Crippen molar-refractivity contribution in [2.24, 2.45) is 0 Å². The Hall–Kier alpha value is -1.24. The molecule has 2 aromatic rings. The third-order valence-electron chi connectivity index (χ3n) is 6.70. The minimum atomic E-state index is -0.276. The number of rotatable bonds is 6. The Bertz CT molecular complexity index is 834. The van der Waals surface area contributed by atoms with Crippen LogP contribution in [-0.4, -0.2) is 52.6 Å². The number of hydrogen-bond donors (Lipinski definition) is 0. The van der Waals surface area contributed by atoms with Gasteiger partial charge in [0, 0.05) is 44.8 Å². The summed E-state index contributed by atoms with van der Waals surface area (Å²) in [5.41, 5.74) is 0.866. The molecular formula is C23H36FN3OS. The lowest BCUT2D eigenvalue weighted by Gasteiger charge is -2.42. The zero-order valence-corrected chi connectivity index (χ0v) is 17.7. The van der Waals surface area contributed by atoms with E-state index in [0.717, 1.165) is 60.1 Å². The molecule has 0 amide bonds. The van der Waals surface area contributed by atoms with Crippen LogP contribution in [0.4, 0.5) is 4.39 Å². The second-order valence-electron chi connectivity index (χ2n) is 8.49. The summed E-state index contributed by atoms with van der Waals surface area (Å²) in [4.78, 5) is 17.6. The summed E-state index contributed by atoms with van der Waals surface area (Å²) in [5.74, 6) is -0.276. The number of thiazole rings is 1. The summed E-state index contributed by atoms with van der Waals surface area (Å²) < 4.78 is 15.9. The predicted molar refractivity (Wildman–Crippen MR) is 121 cm³/mol. The zero-order chi connectivity index (χ0) is 19.5. The molecule has 29 heavy (non-hydrogen) atoms. The van der Waals surface area contributed by atoms with Crippen LogP contribution in [0, 0.1) is 5.82 Å². The van der Waals surface area contributed by atoms with Crippen LogP contribution in [0.1, 0.15) is 59.3 Å². The van der Waals surface area contributed by atoms with Crippen molar-refractivity contribution >= 4 is 21.6 Å². The monoisotopic (exact) mass is 421 g/mol. The Morgan fingerprint density at radius 1 is 1.14 bits per heavy atom. The predicted octanol–water partition coefficient (Wildman–Crippen LogP) is 4.96. The fraction of sp³-hybridized carbons (Fsp3) is 0.696. The normalized spacial score (nSPS) is 20.6. The van der Waals surface area contributed by atoms with Gasteiger partial charge in [0.05, 0.1) is 10.2 Å². The lowest BCUT2D eigenvalue weighted by Crippen LogP contribution is -2.52. The van der Waals surface area contributed by atoms with Gasteiger partial charge in [-0.1, -0.05) is 38.0 Å². The SMILES string of the molecule is C.CC(CCCn1c(=O)sc2cc(F)ccc21)N1CCN(C2CCCCC2)CC1. The second kappa shape index (κ2) is 10.2. The Morgan fingerprint density at radius 2 is 1.86 bits per heavy atom. The summed E-state index contributed by atoms with van der Waals surface area (Å²) in [6.07, 6.45) is 9.09. The number of halogens is 1. The number of piperazine rings is 1. The highest BCUT2D eigenvalue weighted by Crippen LogP contribution is 2.24. The lowest BCUT2D eigenvalue weighted by molar-refractivity contribution is 0.0578. The fourth-order valence-corrected chi connectivity index (χ4v) is 5.91. The number of nitrogens with zero attached hydrogens (tertiary/aromatic N) is 3. The van der Waals surface area contributed by atoms with Gasteiger partial charge in [0.15, 0.2) is 0 Å². The van der Waals surface area contributed by atoms with E-state index < -0.39 is 0 Å². The minimum absolute atomic E-state index is 0. The molecule has 162 valence electrons. The van der Waals surface area contributed by atoms with E-state index in [-0.39, 0.29) is 18.1 Å². The molecule has 1 aromatic carbocycles. The Balaban J connectivity index is 0.00000240. The Kier molecular flexibility index (Phi) is 7.88. The average Bonchev–Trinajstić information content (AvgIpc) is 3.03. The molecule has 1 aliphatic carbocycles. The standard InChI is InChI=1S/C22H32FN3OS.CH4/c1-17(24-12-14-25(15-13-24)19-7-3-2-4-8-19)6-5-11-26-20-10-9-18(23)16-21(20)28-22(26)27;/h9-10,16-17,19H,2-8,11-15H2,1H3;1H4. The fourth-order valence-electron chi connectivity index (χ4n) is 4.97. The smallest absolute Gasteiger partial charge is 0.299 e. The van der Waals surface area contributed by atoms with Crippen molar-refractivity contribution in [3.8, 4) is 0 Å². The van der Waals surface area contributed by atoms with Gasteiger partial charge in [-0.15, -0.1) is 0 Å². The molecule has 4 rings (SSSR count). The van der Waals surface area contributed by atoms with E-state index in [4.69, 9.17) is 0 Å². The largest absolute Gasteiger partial charge is 0.308 e. The Morgan fingerprint density at radius 3 is 2.59 bits per heavy atom. The van der Waals surface area contributed by atoms with Crippen LogP contribution in [0.5, 0.6) is 0 Å². The molecular weight excluding hydrogens is 385 g/mol. The van der Waals surface area contributed by atoms with Crippen molar-refractivity contribution in [2.45, 2.75) is 77.9 Å². The first-order chi connectivity index (χ1) is 13.6. The van der Waals surface area contributed by atoms with Gasteiger partial charge in [-0.25, -0.2) is 4.39 Å². The molecule has 1 saturated heterocycles. The van der Waals surface area contributed by atoms with Crippen LogP contribution < -0.4 is 4.87 Å². The highest BCUT2D eigenvalue weighted by molar-refractivity contribution is 7.16. The average molecular weight is 422 g/mol. The first-order valence-electron chi connectivity index (χ1n) is 10.9. The number of fused-ring (bicyclic) bond motifs is 1. The van der Waals surface area contributed by atoms with Gasteiger partial charge in [0.2, 0.25) is 0 Å². The zero-order valence-electron chi connectivity index (χ0n) is 16.9. The number of aromatic nitrogens is 1. The maximum absolute atomic E-state index is 13.4. The number of aryl methyl sites for hydroxylation is 1. The van der Waals surface area contributed by atoms with E-state index in [1.54, 1.807) is 6.07 Å². The lowest BCUT2D eigenvalue weighted by atomic mass is 9.93. The molecule has 1 unspecified atom stereocenters. The molecule has 0 N–H and O–H groups in total. The van der Waals surface area contributed by atoms with Crippen LogP contribution in [-0.2, 0) is 6.54 Å². The summed E-state index contributed by atoms with van der Waals surface area (Å²) in [6, 6.07) is 6.02. The van der Waals surface area contributed by atoms with Gasteiger partial charge in [-0.3, -0.25) is 19.2 Å². The van der Waals surface area contributed by atoms with Crippen molar-refractivity contribution in [2.75, 3.05) is 26.2 Å². The summed E-state index contributed by atoms with van der Waals surface area (Å²) in [5, 5.41) is 0. The summed E-state index contributed by atoms with van der Waals surface area (Å²) >= 11 is 1.14. The molecule has 0 bridgehead atoms. The highest BCUT2D eigenvalue weighted by Gasteiger charge is 2.26. The minimum Gasteiger partial charge on any atom is -0.299 e. The van der Waals surface area contributed by atoms with E-state index >= 15 is 0 Å². The molecule has 1 saturated carbocycles. The van der Waals surface area contributed by atoms with Crippen molar-refractivity contribution < 1.29 is 4.39 Å². The van der Waals surface area contributed by atoms with Crippen LogP contribution >= 0.6 is 11.3 Å². The molecule has 1 atom stereocenters. The highest BCUT2D eigenvalue weighted by atomic mass is 32.1. The maximum atomic E-state index is 13.4. The third-order valence-corrected chi connectivity index (χ3v) is 7.64. The van der Waals surface area contributed by atoms with Gasteiger partial charge in [0.1, 0.15) is 5.82 Å². The van der Waals surface area contributed by atoms with Gasteiger partial charge in [-0.05, 0) is 50.8 Å². The van der Waals surface area contributed by atoms with Gasteiger partial charge in [-0.2, -0.15) is 0 Å². The summed E-state index contributed by atoms with van der Waals surface area (Å²) in [6.45, 7) is 7.78. The van der Waals surface area contributed by atoms with Gasteiger partial charge < -0.3 is 0 Å². The number of hydrogen-bond acceptors (Lipinski definition) is 4. The Labute approximate surface area is 178 Å². The van der Waals surface area contributed by atoms with E-state index in [1.807, 2.05) is 4.57 Å². The van der Waals surface area contributed by atoms with E-state index in [2.05, 4.69) is 16.7 Å². The van der Waals surface area contributed by atoms with Crippen molar-refractivity contribution in [1.82, 2.24) is 14.4 Å². The van der Waals surface area contributed by atoms with Crippen LogP contribution in [0.15, 0.2) is 23.0 Å². The second-order valence-corrected chi connectivity index (χ2v) is 9.48. The molecule has 4 nitrogen and oxygen atoms in total. The first kappa shape index (κ1) is 22.4. The van der Waals surface area contributed by atoms with E-state index in [9.17, 15) is 9.18 Å². The van der Waals surface area contributed by atoms with E-state index in [1.165, 1.54) is 57.3 Å². The molecule has 1 aromatic heterocycles. The molecule has 2 heterocycles. The molecule has 6 heteroatoms. The van der Waals surface area contributed by atoms with E-state index in [0.29, 0.717) is 6.04 Å².